The Balaban J connectivity index is 2.64. The smallest absolute Gasteiger partial charge is 0.337 e. The number of carbonyl (C=O) groups is 2. The molecular weight excluding hydrogens is 348 g/mol. The third kappa shape index (κ3) is 4.21. The molecule has 1 heterocycles. The Kier molecular flexibility index (Phi) is 5.25. The van der Waals surface area contributed by atoms with E-state index in [1.54, 1.807) is 46.8 Å². The normalized spacial score (nSPS) is 13.6. The summed E-state index contributed by atoms with van der Waals surface area (Å²) >= 11 is 0. The number of aryl methyl sites for hydroxylation is 1. The zero-order valence-electron chi connectivity index (χ0n) is 16.7. The molecule has 2 aromatic rings. The summed E-state index contributed by atoms with van der Waals surface area (Å²) < 4.78 is 2.36. The standard InChI is InChI=1S/C19H28N4O4/c1-11-8-7-9-12-13(11)22(10-19(5,6)27)17(26)23(12)16(25)21-14(15(20)24)18(2,3)4/h7-9,14,27H,10H2,1-6H3,(H2,20,24)(H,21,25)/t14-/m1/s1. The quantitative estimate of drug-likeness (QED) is 0.746. The lowest BCUT2D eigenvalue weighted by molar-refractivity contribution is -0.122. The summed E-state index contributed by atoms with van der Waals surface area (Å²) in [4.78, 5) is 37.7. The maximum atomic E-state index is 13.0. The van der Waals surface area contributed by atoms with Gasteiger partial charge in [-0.2, -0.15) is 0 Å². The predicted octanol–water partition coefficient (Wildman–Crippen LogP) is 1.34. The van der Waals surface area contributed by atoms with Crippen LogP contribution in [0, 0.1) is 12.3 Å². The molecule has 8 heteroatoms. The van der Waals surface area contributed by atoms with Crippen molar-refractivity contribution >= 4 is 23.0 Å². The molecule has 0 spiro atoms. The number of amides is 2. The number of benzene rings is 1. The van der Waals surface area contributed by atoms with Gasteiger partial charge in [0.05, 0.1) is 23.2 Å². The lowest BCUT2D eigenvalue weighted by Crippen LogP contribution is -2.54. The van der Waals surface area contributed by atoms with Crippen molar-refractivity contribution in [1.82, 2.24) is 14.5 Å². The molecule has 4 N–H and O–H groups in total. The third-order valence-corrected chi connectivity index (χ3v) is 4.32. The number of rotatable bonds is 4. The molecule has 1 atom stereocenters. The van der Waals surface area contributed by atoms with E-state index in [2.05, 4.69) is 5.32 Å². The van der Waals surface area contributed by atoms with Crippen molar-refractivity contribution in [2.45, 2.75) is 59.7 Å². The molecule has 0 saturated heterocycles. The van der Waals surface area contributed by atoms with Crippen LogP contribution in [0.15, 0.2) is 23.0 Å². The van der Waals surface area contributed by atoms with E-state index in [0.29, 0.717) is 11.0 Å². The molecule has 0 aliphatic carbocycles. The van der Waals surface area contributed by atoms with Crippen LogP contribution in [0.4, 0.5) is 4.79 Å². The van der Waals surface area contributed by atoms with Gasteiger partial charge in [0, 0.05) is 0 Å². The fraction of sp³-hybridized carbons (Fsp3) is 0.526. The van der Waals surface area contributed by atoms with Gasteiger partial charge in [-0.05, 0) is 37.8 Å². The number of nitrogens with zero attached hydrogens (tertiary/aromatic N) is 2. The molecule has 148 valence electrons. The molecule has 2 rings (SSSR count). The van der Waals surface area contributed by atoms with E-state index in [1.165, 1.54) is 4.57 Å². The summed E-state index contributed by atoms with van der Waals surface area (Å²) in [6, 6.07) is 3.54. The molecule has 0 fully saturated rings. The van der Waals surface area contributed by atoms with E-state index < -0.39 is 34.7 Å². The third-order valence-electron chi connectivity index (χ3n) is 4.32. The fourth-order valence-electron chi connectivity index (χ4n) is 3.13. The number of imidazole rings is 1. The van der Waals surface area contributed by atoms with Gasteiger partial charge in [-0.1, -0.05) is 32.9 Å². The monoisotopic (exact) mass is 376 g/mol. The Morgan fingerprint density at radius 3 is 2.30 bits per heavy atom. The van der Waals surface area contributed by atoms with E-state index in [-0.39, 0.29) is 6.54 Å². The zero-order chi connectivity index (χ0) is 20.7. The van der Waals surface area contributed by atoms with Crippen molar-refractivity contribution in [2.75, 3.05) is 0 Å². The van der Waals surface area contributed by atoms with Gasteiger partial charge in [-0.15, -0.1) is 0 Å². The molecule has 0 radical (unpaired) electrons. The highest BCUT2D eigenvalue weighted by Gasteiger charge is 2.33. The van der Waals surface area contributed by atoms with Crippen LogP contribution in [0.25, 0.3) is 11.0 Å². The number of carbonyl (C=O) groups excluding carboxylic acids is 2. The van der Waals surface area contributed by atoms with E-state index in [4.69, 9.17) is 5.73 Å². The van der Waals surface area contributed by atoms with Gasteiger partial charge in [-0.3, -0.25) is 9.36 Å². The lowest BCUT2D eigenvalue weighted by atomic mass is 9.86. The molecule has 8 nitrogen and oxygen atoms in total. The molecule has 1 aromatic carbocycles. The topological polar surface area (TPSA) is 119 Å². The average Bonchev–Trinajstić information content (AvgIpc) is 2.75. The highest BCUT2D eigenvalue weighted by atomic mass is 16.3. The molecule has 27 heavy (non-hydrogen) atoms. The maximum Gasteiger partial charge on any atom is 0.337 e. The second-order valence-corrected chi connectivity index (χ2v) is 8.61. The summed E-state index contributed by atoms with van der Waals surface area (Å²) in [5.74, 6) is -0.680. The van der Waals surface area contributed by atoms with Crippen molar-refractivity contribution in [1.29, 1.82) is 0 Å². The number of fused-ring (bicyclic) bond motifs is 1. The van der Waals surface area contributed by atoms with Gasteiger partial charge < -0.3 is 16.2 Å². The van der Waals surface area contributed by atoms with E-state index >= 15 is 0 Å². The Hall–Kier alpha value is -2.61. The first-order valence-electron chi connectivity index (χ1n) is 8.77. The molecule has 0 aliphatic rings. The number of nitrogens with two attached hydrogens (primary N) is 1. The number of hydrogen-bond acceptors (Lipinski definition) is 4. The summed E-state index contributed by atoms with van der Waals surface area (Å²) in [6.45, 7) is 10.3. The van der Waals surface area contributed by atoms with Crippen molar-refractivity contribution in [3.05, 3.63) is 34.2 Å². The second kappa shape index (κ2) is 6.84. The molecule has 0 aliphatic heterocycles. The lowest BCUT2D eigenvalue weighted by Gasteiger charge is -2.28. The summed E-state index contributed by atoms with van der Waals surface area (Å²) in [7, 11) is 0. The molecule has 0 bridgehead atoms. The summed E-state index contributed by atoms with van der Waals surface area (Å²) in [5, 5.41) is 12.8. The fourth-order valence-corrected chi connectivity index (χ4v) is 3.13. The van der Waals surface area contributed by atoms with Crippen LogP contribution in [-0.4, -0.2) is 37.8 Å². The first kappa shape index (κ1) is 20.7. The predicted molar refractivity (Wildman–Crippen MR) is 104 cm³/mol. The number of hydrogen-bond donors (Lipinski definition) is 3. The largest absolute Gasteiger partial charge is 0.389 e. The highest BCUT2D eigenvalue weighted by molar-refractivity contribution is 5.93. The van der Waals surface area contributed by atoms with Gasteiger partial charge in [0.25, 0.3) is 0 Å². The van der Waals surface area contributed by atoms with Crippen molar-refractivity contribution in [3.8, 4) is 0 Å². The molecule has 2 amide bonds. The first-order chi connectivity index (χ1) is 12.2. The average molecular weight is 376 g/mol. The van der Waals surface area contributed by atoms with Crippen molar-refractivity contribution in [2.24, 2.45) is 11.1 Å². The number of para-hydroxylation sites is 1. The Bertz CT molecular complexity index is 941. The van der Waals surface area contributed by atoms with Crippen LogP contribution >= 0.6 is 0 Å². The molecule has 0 saturated carbocycles. The number of primary amides is 1. The minimum absolute atomic E-state index is 0.0198. The van der Waals surface area contributed by atoms with Gasteiger partial charge in [0.1, 0.15) is 6.04 Å². The minimum atomic E-state index is -1.15. The number of aliphatic hydroxyl groups is 1. The number of nitrogens with one attached hydrogen (secondary N) is 1. The van der Waals surface area contributed by atoms with Crippen LogP contribution < -0.4 is 16.7 Å². The Labute approximate surface area is 158 Å². The minimum Gasteiger partial charge on any atom is -0.389 e. The van der Waals surface area contributed by atoms with Gasteiger partial charge in [-0.25, -0.2) is 14.2 Å². The van der Waals surface area contributed by atoms with Gasteiger partial charge in [0.15, 0.2) is 0 Å². The maximum absolute atomic E-state index is 13.0. The second-order valence-electron chi connectivity index (χ2n) is 8.61. The zero-order valence-corrected chi connectivity index (χ0v) is 16.7. The SMILES string of the molecule is Cc1cccc2c1n(CC(C)(C)O)c(=O)n2C(=O)N[C@H](C(N)=O)C(C)(C)C. The highest BCUT2D eigenvalue weighted by Crippen LogP contribution is 2.21. The molecule has 1 aromatic heterocycles. The molecular formula is C19H28N4O4. The number of aromatic nitrogens is 2. The van der Waals surface area contributed by atoms with E-state index in [1.807, 2.05) is 13.0 Å². The van der Waals surface area contributed by atoms with Crippen molar-refractivity contribution < 1.29 is 14.7 Å². The van der Waals surface area contributed by atoms with Gasteiger partial charge >= 0.3 is 11.7 Å². The van der Waals surface area contributed by atoms with Gasteiger partial charge in [0.2, 0.25) is 5.91 Å². The summed E-state index contributed by atoms with van der Waals surface area (Å²) in [5.41, 5.74) is 4.83. The van der Waals surface area contributed by atoms with Crippen molar-refractivity contribution in [3.63, 3.8) is 0 Å². The van der Waals surface area contributed by atoms with E-state index in [0.717, 1.165) is 10.1 Å². The van der Waals surface area contributed by atoms with Crippen LogP contribution in [0.1, 0.15) is 40.2 Å². The van der Waals surface area contributed by atoms with Crippen LogP contribution in [-0.2, 0) is 11.3 Å². The summed E-state index contributed by atoms with van der Waals surface area (Å²) in [6.07, 6.45) is 0. The van der Waals surface area contributed by atoms with Crippen LogP contribution in [0.3, 0.4) is 0 Å². The molecule has 0 unspecified atom stereocenters. The van der Waals surface area contributed by atoms with Crippen LogP contribution in [0.2, 0.25) is 0 Å². The first-order valence-corrected chi connectivity index (χ1v) is 8.77. The van der Waals surface area contributed by atoms with E-state index in [9.17, 15) is 19.5 Å². The Morgan fingerprint density at radius 1 is 1.22 bits per heavy atom. The Morgan fingerprint density at radius 2 is 1.81 bits per heavy atom. The van der Waals surface area contributed by atoms with Crippen LogP contribution in [0.5, 0.6) is 0 Å².